The molecule has 6 nitrogen and oxygen atoms in total. The van der Waals surface area contributed by atoms with Gasteiger partial charge in [-0.3, -0.25) is 4.79 Å². The number of ether oxygens (including phenoxy) is 1. The topological polar surface area (TPSA) is 96.2 Å². The van der Waals surface area contributed by atoms with E-state index in [9.17, 15) is 28.7 Å². The third kappa shape index (κ3) is 8.41. The first-order valence-electron chi connectivity index (χ1n) is 11.2. The Morgan fingerprint density at radius 3 is 2.66 bits per heavy atom. The van der Waals surface area contributed by atoms with Gasteiger partial charge in [-0.1, -0.05) is 24.4 Å². The first-order valence-corrected chi connectivity index (χ1v) is 12.2. The summed E-state index contributed by atoms with van der Waals surface area (Å²) in [7, 11) is 1.37. The van der Waals surface area contributed by atoms with Gasteiger partial charge in [0.2, 0.25) is 0 Å². The Balaban J connectivity index is 1.77. The Hall–Kier alpha value is -1.58. The number of esters is 1. The Bertz CT molecular complexity index is 738. The monoisotopic (exact) mass is 473 g/mol. The molecule has 0 amide bonds. The van der Waals surface area contributed by atoms with Crippen molar-refractivity contribution in [1.29, 1.82) is 0 Å². The standard InChI is InChI=1S/C23H33F2NO5S/c1-31-23(29)7-5-3-2-4-6-18-17(20(26-30)13-21(18)28)10-9-16(27)14-32-22-11-8-15(24)12-19(22)25/h8,11-12,16-18,20-21,27-28H,2-7,9-10,13-14H2,1H3/t16?,17-,18-,20?,21+/m1/s1. The van der Waals surface area contributed by atoms with Crippen molar-refractivity contribution in [2.45, 2.75) is 80.9 Å². The van der Waals surface area contributed by atoms with E-state index >= 15 is 0 Å². The summed E-state index contributed by atoms with van der Waals surface area (Å²) in [6.07, 6.45) is 4.64. The number of methoxy groups -OCH3 is 1. The van der Waals surface area contributed by atoms with Crippen molar-refractivity contribution in [3.05, 3.63) is 34.7 Å². The van der Waals surface area contributed by atoms with E-state index in [2.05, 4.69) is 9.91 Å². The van der Waals surface area contributed by atoms with E-state index in [0.29, 0.717) is 25.7 Å². The molecule has 0 aromatic heterocycles. The van der Waals surface area contributed by atoms with E-state index in [-0.39, 0.29) is 28.5 Å². The molecule has 2 unspecified atom stereocenters. The highest BCUT2D eigenvalue weighted by molar-refractivity contribution is 7.99. The van der Waals surface area contributed by atoms with E-state index < -0.39 is 29.9 Å². The van der Waals surface area contributed by atoms with E-state index in [1.165, 1.54) is 19.2 Å². The zero-order valence-corrected chi connectivity index (χ0v) is 19.2. The zero-order valence-electron chi connectivity index (χ0n) is 18.4. The van der Waals surface area contributed by atoms with Gasteiger partial charge in [0, 0.05) is 23.1 Å². The summed E-state index contributed by atoms with van der Waals surface area (Å²) in [5.74, 6) is -1.41. The Morgan fingerprint density at radius 1 is 1.22 bits per heavy atom. The van der Waals surface area contributed by atoms with E-state index in [1.807, 2.05) is 0 Å². The van der Waals surface area contributed by atoms with Crippen LogP contribution in [0.5, 0.6) is 0 Å². The fourth-order valence-electron chi connectivity index (χ4n) is 4.45. The van der Waals surface area contributed by atoms with Gasteiger partial charge in [-0.05, 0) is 56.1 Å². The highest BCUT2D eigenvalue weighted by Crippen LogP contribution is 2.41. The van der Waals surface area contributed by atoms with Gasteiger partial charge in [-0.25, -0.2) is 8.78 Å². The van der Waals surface area contributed by atoms with Crippen molar-refractivity contribution < 1.29 is 28.5 Å². The molecule has 9 heteroatoms. The van der Waals surface area contributed by atoms with E-state index in [0.717, 1.165) is 49.9 Å². The molecular formula is C23H33F2NO5S. The van der Waals surface area contributed by atoms with Crippen molar-refractivity contribution in [2.75, 3.05) is 12.9 Å². The predicted octanol–water partition coefficient (Wildman–Crippen LogP) is 4.84. The second-order valence-electron chi connectivity index (χ2n) is 8.45. The molecule has 1 aliphatic carbocycles. The van der Waals surface area contributed by atoms with Gasteiger partial charge in [0.15, 0.2) is 0 Å². The Morgan fingerprint density at radius 2 is 1.97 bits per heavy atom. The number of thioether (sulfide) groups is 1. The number of nitrogens with zero attached hydrogens (tertiary/aromatic N) is 1. The summed E-state index contributed by atoms with van der Waals surface area (Å²) in [6.45, 7) is 0. The Kier molecular flexibility index (Phi) is 11.5. The molecular weight excluding hydrogens is 440 g/mol. The minimum absolute atomic E-state index is 0.0484. The van der Waals surface area contributed by atoms with Crippen LogP contribution >= 0.6 is 11.8 Å². The lowest BCUT2D eigenvalue weighted by molar-refractivity contribution is -0.140. The van der Waals surface area contributed by atoms with Crippen molar-refractivity contribution in [3.63, 3.8) is 0 Å². The molecule has 0 heterocycles. The summed E-state index contributed by atoms with van der Waals surface area (Å²) in [6, 6.07) is 2.87. The number of carbonyl (C=O) groups excluding carboxylic acids is 1. The fourth-order valence-corrected chi connectivity index (χ4v) is 5.35. The van der Waals surface area contributed by atoms with Gasteiger partial charge in [0.05, 0.1) is 25.4 Å². The van der Waals surface area contributed by atoms with Crippen LogP contribution in [0.1, 0.15) is 57.8 Å². The van der Waals surface area contributed by atoms with E-state index in [4.69, 9.17) is 0 Å². The van der Waals surface area contributed by atoms with Gasteiger partial charge in [0.1, 0.15) is 11.6 Å². The maximum absolute atomic E-state index is 13.7. The summed E-state index contributed by atoms with van der Waals surface area (Å²) in [5.41, 5.74) is 0. The normalized spacial score (nSPS) is 23.8. The van der Waals surface area contributed by atoms with Gasteiger partial charge < -0.3 is 14.9 Å². The lowest BCUT2D eigenvalue weighted by Crippen LogP contribution is -2.23. The van der Waals surface area contributed by atoms with Crippen LogP contribution in [0.3, 0.4) is 0 Å². The summed E-state index contributed by atoms with van der Waals surface area (Å²) in [4.78, 5) is 22.7. The minimum Gasteiger partial charge on any atom is -0.469 e. The molecule has 2 rings (SSSR count). The van der Waals surface area contributed by atoms with E-state index in [1.54, 1.807) is 0 Å². The zero-order chi connectivity index (χ0) is 23.5. The highest BCUT2D eigenvalue weighted by Gasteiger charge is 2.42. The summed E-state index contributed by atoms with van der Waals surface area (Å²) in [5, 5.41) is 24.0. The number of benzene rings is 1. The fraction of sp³-hybridized carbons (Fsp3) is 0.696. The number of aliphatic hydroxyl groups excluding tert-OH is 2. The first-order chi connectivity index (χ1) is 15.3. The lowest BCUT2D eigenvalue weighted by atomic mass is 9.84. The molecule has 32 heavy (non-hydrogen) atoms. The quantitative estimate of drug-likeness (QED) is 0.174. The molecule has 0 spiro atoms. The highest BCUT2D eigenvalue weighted by atomic mass is 32.2. The molecule has 1 aliphatic rings. The number of halogens is 2. The van der Waals surface area contributed by atoms with Gasteiger partial charge in [-0.2, -0.15) is 4.91 Å². The van der Waals surface area contributed by atoms with Crippen LogP contribution in [-0.2, 0) is 9.53 Å². The van der Waals surface area contributed by atoms with Crippen molar-refractivity contribution in [1.82, 2.24) is 0 Å². The minimum atomic E-state index is -0.714. The summed E-state index contributed by atoms with van der Waals surface area (Å²) < 4.78 is 31.4. The third-order valence-electron chi connectivity index (χ3n) is 6.21. The van der Waals surface area contributed by atoms with Crippen LogP contribution in [0.15, 0.2) is 28.3 Å². The number of unbranched alkanes of at least 4 members (excludes halogenated alkanes) is 3. The number of aliphatic hydroxyl groups is 2. The maximum atomic E-state index is 13.7. The van der Waals surface area contributed by atoms with Crippen molar-refractivity contribution >= 4 is 17.7 Å². The second-order valence-corrected chi connectivity index (χ2v) is 9.51. The van der Waals surface area contributed by atoms with Crippen molar-refractivity contribution in [3.8, 4) is 0 Å². The average Bonchev–Trinajstić information content (AvgIpc) is 3.08. The molecule has 0 bridgehead atoms. The molecule has 0 aliphatic heterocycles. The van der Waals surface area contributed by atoms with Gasteiger partial charge >= 0.3 is 5.97 Å². The molecule has 1 aromatic rings. The van der Waals surface area contributed by atoms with Crippen LogP contribution in [0, 0.1) is 28.4 Å². The molecule has 0 saturated heterocycles. The smallest absolute Gasteiger partial charge is 0.305 e. The SMILES string of the molecule is COC(=O)CCCCCC[C@H]1[C@@H](O)CC(N=O)[C@@H]1CCC(O)CSc1ccc(F)cc1F. The number of hydrogen-bond donors (Lipinski definition) is 2. The van der Waals surface area contributed by atoms with Crippen LogP contribution in [0.2, 0.25) is 0 Å². The Labute approximate surface area is 192 Å². The van der Waals surface area contributed by atoms with Crippen LogP contribution in [0.4, 0.5) is 8.78 Å². The van der Waals surface area contributed by atoms with Crippen LogP contribution in [0.25, 0.3) is 0 Å². The van der Waals surface area contributed by atoms with Crippen LogP contribution in [-0.4, -0.2) is 47.3 Å². The number of nitroso groups, excluding NO2 is 1. The maximum Gasteiger partial charge on any atom is 0.305 e. The molecule has 1 saturated carbocycles. The second kappa shape index (κ2) is 13.9. The molecule has 2 N–H and O–H groups in total. The van der Waals surface area contributed by atoms with Gasteiger partial charge in [0.25, 0.3) is 0 Å². The first kappa shape index (κ1) is 26.7. The average molecular weight is 474 g/mol. The predicted molar refractivity (Wildman–Crippen MR) is 119 cm³/mol. The van der Waals surface area contributed by atoms with Gasteiger partial charge in [-0.15, -0.1) is 11.8 Å². The third-order valence-corrected chi connectivity index (χ3v) is 7.40. The molecule has 1 aromatic carbocycles. The molecule has 1 fully saturated rings. The van der Waals surface area contributed by atoms with Crippen molar-refractivity contribution in [2.24, 2.45) is 17.0 Å². The number of carbonyl (C=O) groups is 1. The summed E-state index contributed by atoms with van der Waals surface area (Å²) >= 11 is 1.12. The number of rotatable bonds is 14. The number of hydrogen-bond acceptors (Lipinski definition) is 7. The molecule has 0 radical (unpaired) electrons. The largest absolute Gasteiger partial charge is 0.469 e. The molecule has 180 valence electrons. The van der Waals surface area contributed by atoms with Crippen LogP contribution < -0.4 is 0 Å². The molecule has 5 atom stereocenters. The lowest BCUT2D eigenvalue weighted by Gasteiger charge is -2.24.